The minimum absolute atomic E-state index is 0.0500. The van der Waals surface area contributed by atoms with E-state index in [9.17, 15) is 13.6 Å². The van der Waals surface area contributed by atoms with Crippen LogP contribution in [0.2, 0.25) is 0 Å². The van der Waals surface area contributed by atoms with Crippen molar-refractivity contribution in [2.45, 2.75) is 18.8 Å². The molecule has 1 aliphatic heterocycles. The number of carbonyl (C=O) groups excluding carboxylic acids is 1. The predicted octanol–water partition coefficient (Wildman–Crippen LogP) is 4.23. The SMILES string of the molecule is O=C(Nc1cccnc1)N1CCC(c2nccc(-c3cccc(F)c3F)n2)CC1. The normalized spacial score (nSPS) is 14.6. The van der Waals surface area contributed by atoms with Gasteiger partial charge in [0, 0.05) is 37.0 Å². The molecule has 0 radical (unpaired) electrons. The summed E-state index contributed by atoms with van der Waals surface area (Å²) in [5, 5.41) is 2.82. The van der Waals surface area contributed by atoms with Gasteiger partial charge < -0.3 is 10.2 Å². The summed E-state index contributed by atoms with van der Waals surface area (Å²) >= 11 is 0. The van der Waals surface area contributed by atoms with Crippen molar-refractivity contribution >= 4 is 11.7 Å². The van der Waals surface area contributed by atoms with Crippen LogP contribution in [0.3, 0.4) is 0 Å². The minimum atomic E-state index is -0.918. The van der Waals surface area contributed by atoms with Crippen LogP contribution in [0.15, 0.2) is 55.0 Å². The smallest absolute Gasteiger partial charge is 0.321 e. The molecule has 1 N–H and O–H groups in total. The molecule has 2 aromatic heterocycles. The quantitative estimate of drug-likeness (QED) is 0.721. The van der Waals surface area contributed by atoms with Gasteiger partial charge in [0.05, 0.1) is 17.6 Å². The fourth-order valence-corrected chi connectivity index (χ4v) is 3.40. The number of aromatic nitrogens is 3. The van der Waals surface area contributed by atoms with E-state index in [4.69, 9.17) is 0 Å². The lowest BCUT2D eigenvalue weighted by Crippen LogP contribution is -2.40. The molecular weight excluding hydrogens is 376 g/mol. The molecule has 0 aliphatic carbocycles. The molecule has 1 aliphatic rings. The van der Waals surface area contributed by atoms with E-state index in [-0.39, 0.29) is 17.5 Å². The van der Waals surface area contributed by atoms with Gasteiger partial charge in [0.2, 0.25) is 0 Å². The Balaban J connectivity index is 1.42. The summed E-state index contributed by atoms with van der Waals surface area (Å²) in [6, 6.07) is 8.96. The van der Waals surface area contributed by atoms with Gasteiger partial charge in [-0.25, -0.2) is 23.5 Å². The highest BCUT2D eigenvalue weighted by molar-refractivity contribution is 5.89. The number of piperidine rings is 1. The molecule has 0 spiro atoms. The zero-order valence-electron chi connectivity index (χ0n) is 15.6. The summed E-state index contributed by atoms with van der Waals surface area (Å²) < 4.78 is 27.6. The summed E-state index contributed by atoms with van der Waals surface area (Å²) in [5.74, 6) is -1.19. The van der Waals surface area contributed by atoms with Crippen LogP contribution < -0.4 is 5.32 Å². The van der Waals surface area contributed by atoms with Crippen LogP contribution in [0.5, 0.6) is 0 Å². The van der Waals surface area contributed by atoms with Crippen molar-refractivity contribution < 1.29 is 13.6 Å². The lowest BCUT2D eigenvalue weighted by Gasteiger charge is -2.31. The fraction of sp³-hybridized carbons (Fsp3) is 0.238. The van der Waals surface area contributed by atoms with Crippen molar-refractivity contribution in [2.75, 3.05) is 18.4 Å². The molecule has 2 amide bonds. The highest BCUT2D eigenvalue weighted by Crippen LogP contribution is 2.28. The largest absolute Gasteiger partial charge is 0.324 e. The van der Waals surface area contributed by atoms with E-state index < -0.39 is 11.6 Å². The monoisotopic (exact) mass is 395 g/mol. The van der Waals surface area contributed by atoms with Crippen molar-refractivity contribution in [1.82, 2.24) is 19.9 Å². The van der Waals surface area contributed by atoms with E-state index in [1.54, 1.807) is 41.7 Å². The number of urea groups is 1. The number of anilines is 1. The molecule has 0 saturated carbocycles. The molecule has 0 atom stereocenters. The number of nitrogens with one attached hydrogen (secondary N) is 1. The minimum Gasteiger partial charge on any atom is -0.324 e. The molecular formula is C21H19F2N5O. The molecule has 3 heterocycles. The highest BCUT2D eigenvalue weighted by Gasteiger charge is 2.26. The topological polar surface area (TPSA) is 71.0 Å². The molecule has 0 unspecified atom stereocenters. The predicted molar refractivity (Wildman–Crippen MR) is 104 cm³/mol. The third-order valence-electron chi connectivity index (χ3n) is 4.96. The van der Waals surface area contributed by atoms with E-state index in [0.717, 1.165) is 6.07 Å². The van der Waals surface area contributed by atoms with Crippen molar-refractivity contribution in [3.8, 4) is 11.3 Å². The summed E-state index contributed by atoms with van der Waals surface area (Å²) in [6.07, 6.45) is 6.18. The van der Waals surface area contributed by atoms with E-state index >= 15 is 0 Å². The second-order valence-corrected chi connectivity index (χ2v) is 6.83. The fourth-order valence-electron chi connectivity index (χ4n) is 3.40. The first-order chi connectivity index (χ1) is 14.1. The average Bonchev–Trinajstić information content (AvgIpc) is 2.76. The van der Waals surface area contributed by atoms with Crippen LogP contribution in [-0.2, 0) is 0 Å². The number of benzene rings is 1. The second kappa shape index (κ2) is 8.30. The first kappa shape index (κ1) is 18.9. The van der Waals surface area contributed by atoms with Gasteiger partial charge in [-0.1, -0.05) is 6.07 Å². The zero-order valence-corrected chi connectivity index (χ0v) is 15.6. The van der Waals surface area contributed by atoms with Crippen LogP contribution in [-0.4, -0.2) is 39.0 Å². The lowest BCUT2D eigenvalue weighted by molar-refractivity contribution is 0.193. The molecule has 3 aromatic rings. The Labute approximate surface area is 166 Å². The molecule has 1 saturated heterocycles. The maximum atomic E-state index is 14.1. The molecule has 1 fully saturated rings. The Hall–Kier alpha value is -3.42. The van der Waals surface area contributed by atoms with Crippen LogP contribution in [0, 0.1) is 11.6 Å². The number of halogens is 2. The Morgan fingerprint density at radius 1 is 1.07 bits per heavy atom. The van der Waals surface area contributed by atoms with E-state index in [1.165, 1.54) is 12.1 Å². The van der Waals surface area contributed by atoms with Crippen molar-refractivity contribution in [1.29, 1.82) is 0 Å². The number of hydrogen-bond acceptors (Lipinski definition) is 4. The Kier molecular flexibility index (Phi) is 5.41. The van der Waals surface area contributed by atoms with Gasteiger partial charge in [-0.15, -0.1) is 0 Å². The van der Waals surface area contributed by atoms with Crippen molar-refractivity contribution in [3.63, 3.8) is 0 Å². The van der Waals surface area contributed by atoms with Crippen LogP contribution in [0.25, 0.3) is 11.3 Å². The molecule has 6 nitrogen and oxygen atoms in total. The Bertz CT molecular complexity index is 1010. The number of pyridine rings is 1. The van der Waals surface area contributed by atoms with Crippen LogP contribution in [0.4, 0.5) is 19.3 Å². The van der Waals surface area contributed by atoms with E-state index in [0.29, 0.717) is 43.1 Å². The maximum absolute atomic E-state index is 14.1. The molecule has 148 valence electrons. The summed E-state index contributed by atoms with van der Waals surface area (Å²) in [6.45, 7) is 1.11. The first-order valence-electron chi connectivity index (χ1n) is 9.35. The highest BCUT2D eigenvalue weighted by atomic mass is 19.2. The van der Waals surface area contributed by atoms with Gasteiger partial charge in [0.15, 0.2) is 11.6 Å². The Morgan fingerprint density at radius 2 is 1.90 bits per heavy atom. The Morgan fingerprint density at radius 3 is 2.66 bits per heavy atom. The number of amides is 2. The lowest BCUT2D eigenvalue weighted by atomic mass is 9.96. The molecule has 1 aromatic carbocycles. The van der Waals surface area contributed by atoms with Gasteiger partial charge in [-0.05, 0) is 43.2 Å². The van der Waals surface area contributed by atoms with Crippen LogP contribution in [0.1, 0.15) is 24.6 Å². The van der Waals surface area contributed by atoms with Gasteiger partial charge in [0.1, 0.15) is 5.82 Å². The number of hydrogen-bond donors (Lipinski definition) is 1. The number of nitrogens with zero attached hydrogens (tertiary/aromatic N) is 4. The number of carbonyl (C=O) groups is 1. The molecule has 29 heavy (non-hydrogen) atoms. The van der Waals surface area contributed by atoms with Gasteiger partial charge in [-0.2, -0.15) is 0 Å². The van der Waals surface area contributed by atoms with E-state index in [1.807, 2.05) is 0 Å². The van der Waals surface area contributed by atoms with E-state index in [2.05, 4.69) is 20.3 Å². The van der Waals surface area contributed by atoms with Gasteiger partial charge in [0.25, 0.3) is 0 Å². The van der Waals surface area contributed by atoms with Gasteiger partial charge in [-0.3, -0.25) is 4.98 Å². The first-order valence-corrected chi connectivity index (χ1v) is 9.35. The molecule has 8 heteroatoms. The number of rotatable bonds is 3. The van der Waals surface area contributed by atoms with Crippen molar-refractivity contribution in [3.05, 3.63) is 72.4 Å². The zero-order chi connectivity index (χ0) is 20.2. The van der Waals surface area contributed by atoms with Gasteiger partial charge >= 0.3 is 6.03 Å². The molecule has 0 bridgehead atoms. The maximum Gasteiger partial charge on any atom is 0.321 e. The van der Waals surface area contributed by atoms with Crippen LogP contribution >= 0.6 is 0 Å². The average molecular weight is 395 g/mol. The second-order valence-electron chi connectivity index (χ2n) is 6.83. The number of likely N-dealkylation sites (tertiary alicyclic amines) is 1. The third-order valence-corrected chi connectivity index (χ3v) is 4.96. The van der Waals surface area contributed by atoms with Crippen molar-refractivity contribution in [2.24, 2.45) is 0 Å². The summed E-state index contributed by atoms with van der Waals surface area (Å²) in [4.78, 5) is 26.9. The molecule has 4 rings (SSSR count). The standard InChI is InChI=1S/C21H19F2N5O/c22-17-5-1-4-16(19(17)23)18-6-10-25-20(27-18)14-7-11-28(12-8-14)21(29)26-15-3-2-9-24-13-15/h1-6,9-10,13-14H,7-8,11-12H2,(H,26,29). The summed E-state index contributed by atoms with van der Waals surface area (Å²) in [7, 11) is 0. The summed E-state index contributed by atoms with van der Waals surface area (Å²) in [5.41, 5.74) is 1.11. The third kappa shape index (κ3) is 4.21.